The first-order valence-corrected chi connectivity index (χ1v) is 13.3. The number of fused-ring (bicyclic) bond motifs is 2. The van der Waals surface area contributed by atoms with Gasteiger partial charge in [-0.05, 0) is 53.8 Å². The molecule has 2 atom stereocenters. The van der Waals surface area contributed by atoms with Crippen LogP contribution in [0.25, 0.3) is 11.1 Å². The maximum atomic E-state index is 13.0. The average molecular weight is 487 g/mol. The molecule has 2 aliphatic rings. The molecule has 1 aromatic carbocycles. The van der Waals surface area contributed by atoms with Crippen LogP contribution < -0.4 is 10.1 Å². The zero-order chi connectivity index (χ0) is 23.0. The average Bonchev–Trinajstić information content (AvgIpc) is 3.48. The van der Waals surface area contributed by atoms with Gasteiger partial charge >= 0.3 is 0 Å². The summed E-state index contributed by atoms with van der Waals surface area (Å²) in [5, 5.41) is 8.99. The Morgan fingerprint density at radius 2 is 2.06 bits per heavy atom. The van der Waals surface area contributed by atoms with E-state index in [9.17, 15) is 13.2 Å². The molecule has 10 heteroatoms. The number of anilines is 1. The normalized spacial score (nSPS) is 22.0. The van der Waals surface area contributed by atoms with Gasteiger partial charge in [-0.15, -0.1) is 11.3 Å². The zero-order valence-corrected chi connectivity index (χ0v) is 19.9. The molecule has 0 saturated carbocycles. The SMILES string of the molecule is Cn1cc(-c2ccc3c(c2)OCC[C@H]2CN(S(=O)(=O)c4cccs4)CC[C@H]2CC(=O)N3)cn1. The number of hydrogen-bond donors (Lipinski definition) is 1. The van der Waals surface area contributed by atoms with E-state index in [2.05, 4.69) is 10.4 Å². The van der Waals surface area contributed by atoms with Crippen LogP contribution in [0.2, 0.25) is 0 Å². The second kappa shape index (κ2) is 8.92. The first-order valence-electron chi connectivity index (χ1n) is 11.0. The van der Waals surface area contributed by atoms with Gasteiger partial charge in [-0.2, -0.15) is 9.40 Å². The molecule has 2 aromatic heterocycles. The minimum absolute atomic E-state index is 0.0577. The van der Waals surface area contributed by atoms with Crippen LogP contribution in [0.5, 0.6) is 5.75 Å². The molecular weight excluding hydrogens is 460 g/mol. The van der Waals surface area contributed by atoms with Crippen molar-refractivity contribution < 1.29 is 17.9 Å². The molecule has 2 aliphatic heterocycles. The van der Waals surface area contributed by atoms with Crippen LogP contribution in [0.1, 0.15) is 19.3 Å². The molecule has 4 heterocycles. The van der Waals surface area contributed by atoms with Crippen molar-refractivity contribution in [1.29, 1.82) is 0 Å². The summed E-state index contributed by atoms with van der Waals surface area (Å²) in [5.41, 5.74) is 2.58. The van der Waals surface area contributed by atoms with Crippen LogP contribution in [0.3, 0.4) is 0 Å². The molecule has 0 radical (unpaired) electrons. The molecule has 0 bridgehead atoms. The number of carbonyl (C=O) groups excluding carboxylic acids is 1. The summed E-state index contributed by atoms with van der Waals surface area (Å²) in [6.45, 7) is 1.29. The zero-order valence-electron chi connectivity index (χ0n) is 18.3. The highest BCUT2D eigenvalue weighted by molar-refractivity contribution is 7.91. The van der Waals surface area contributed by atoms with Crippen molar-refractivity contribution in [2.45, 2.75) is 23.5 Å². The van der Waals surface area contributed by atoms with E-state index in [1.165, 1.54) is 11.3 Å². The lowest BCUT2D eigenvalue weighted by Gasteiger charge is -2.38. The summed E-state index contributed by atoms with van der Waals surface area (Å²) < 4.78 is 35.8. The van der Waals surface area contributed by atoms with E-state index in [0.717, 1.165) is 11.1 Å². The van der Waals surface area contributed by atoms with Crippen molar-refractivity contribution in [1.82, 2.24) is 14.1 Å². The molecule has 33 heavy (non-hydrogen) atoms. The number of rotatable bonds is 3. The van der Waals surface area contributed by atoms with Crippen molar-refractivity contribution >= 4 is 33.0 Å². The fraction of sp³-hybridized carbons (Fsp3) is 0.391. The third kappa shape index (κ3) is 4.55. The smallest absolute Gasteiger partial charge is 0.252 e. The van der Waals surface area contributed by atoms with Gasteiger partial charge in [-0.3, -0.25) is 9.48 Å². The number of hydrogen-bond acceptors (Lipinski definition) is 6. The number of nitrogens with zero attached hydrogens (tertiary/aromatic N) is 3. The first-order chi connectivity index (χ1) is 15.9. The highest BCUT2D eigenvalue weighted by Crippen LogP contribution is 2.36. The van der Waals surface area contributed by atoms with Crippen molar-refractivity contribution in [3.8, 4) is 16.9 Å². The summed E-state index contributed by atoms with van der Waals surface area (Å²) >= 11 is 1.24. The number of ether oxygens (including phenoxy) is 1. The molecule has 1 fully saturated rings. The fourth-order valence-corrected chi connectivity index (χ4v) is 7.31. The van der Waals surface area contributed by atoms with E-state index in [0.29, 0.717) is 54.6 Å². The number of nitrogens with one attached hydrogen (secondary N) is 1. The predicted molar refractivity (Wildman–Crippen MR) is 127 cm³/mol. The second-order valence-electron chi connectivity index (χ2n) is 8.61. The quantitative estimate of drug-likeness (QED) is 0.611. The number of benzene rings is 1. The Kier molecular flexibility index (Phi) is 5.98. The van der Waals surface area contributed by atoms with Gasteiger partial charge in [0.15, 0.2) is 0 Å². The van der Waals surface area contributed by atoms with Gasteiger partial charge in [0.2, 0.25) is 5.91 Å². The van der Waals surface area contributed by atoms with Crippen LogP contribution in [0.4, 0.5) is 5.69 Å². The molecule has 5 rings (SSSR count). The molecule has 0 unspecified atom stereocenters. The Morgan fingerprint density at radius 3 is 2.82 bits per heavy atom. The van der Waals surface area contributed by atoms with Crippen LogP contribution in [0.15, 0.2) is 52.3 Å². The minimum Gasteiger partial charge on any atom is -0.491 e. The van der Waals surface area contributed by atoms with Gasteiger partial charge in [-0.25, -0.2) is 8.42 Å². The number of aryl methyl sites for hydroxylation is 1. The Hall–Kier alpha value is -2.69. The van der Waals surface area contributed by atoms with Gasteiger partial charge in [0, 0.05) is 38.3 Å². The summed E-state index contributed by atoms with van der Waals surface area (Å²) in [5.74, 6) is 0.726. The lowest BCUT2D eigenvalue weighted by Crippen LogP contribution is -2.45. The second-order valence-corrected chi connectivity index (χ2v) is 11.7. The lowest BCUT2D eigenvalue weighted by molar-refractivity contribution is -0.117. The van der Waals surface area contributed by atoms with Gasteiger partial charge in [0.05, 0.1) is 18.5 Å². The van der Waals surface area contributed by atoms with E-state index >= 15 is 0 Å². The maximum Gasteiger partial charge on any atom is 0.252 e. The lowest BCUT2D eigenvalue weighted by atomic mass is 9.82. The van der Waals surface area contributed by atoms with Crippen molar-refractivity contribution in [2.24, 2.45) is 18.9 Å². The highest BCUT2D eigenvalue weighted by Gasteiger charge is 2.37. The highest BCUT2D eigenvalue weighted by atomic mass is 32.2. The molecule has 0 aliphatic carbocycles. The third-order valence-corrected chi connectivity index (χ3v) is 9.67. The van der Waals surface area contributed by atoms with Crippen LogP contribution in [-0.2, 0) is 21.9 Å². The van der Waals surface area contributed by atoms with Gasteiger partial charge < -0.3 is 10.1 Å². The van der Waals surface area contributed by atoms with Crippen LogP contribution in [-0.4, -0.2) is 48.1 Å². The fourth-order valence-electron chi connectivity index (χ4n) is 4.65. The largest absolute Gasteiger partial charge is 0.491 e. The molecule has 1 N–H and O–H groups in total. The Labute approximate surface area is 197 Å². The summed E-state index contributed by atoms with van der Waals surface area (Å²) in [6, 6.07) is 9.13. The molecule has 1 amide bonds. The minimum atomic E-state index is -3.50. The molecule has 174 valence electrons. The van der Waals surface area contributed by atoms with Gasteiger partial charge in [0.25, 0.3) is 10.0 Å². The Balaban J connectivity index is 1.36. The third-order valence-electron chi connectivity index (χ3n) is 6.43. The molecule has 3 aromatic rings. The van der Waals surface area contributed by atoms with Crippen molar-refractivity contribution in [3.63, 3.8) is 0 Å². The first kappa shape index (κ1) is 22.1. The van der Waals surface area contributed by atoms with Gasteiger partial charge in [0.1, 0.15) is 9.96 Å². The topological polar surface area (TPSA) is 93.5 Å². The Bertz CT molecular complexity index is 1250. The Morgan fingerprint density at radius 1 is 1.18 bits per heavy atom. The van der Waals surface area contributed by atoms with Crippen LogP contribution >= 0.6 is 11.3 Å². The maximum absolute atomic E-state index is 13.0. The monoisotopic (exact) mass is 486 g/mol. The number of carbonyl (C=O) groups is 1. The number of aromatic nitrogens is 2. The standard InChI is InChI=1S/C23H26N4O4S2/c1-26-14-19(13-24-26)16-4-5-20-21(11-16)31-9-7-18-15-27(8-6-17(18)12-22(28)25-20)33(29,30)23-3-2-10-32-23/h2-5,10-11,13-14,17-18H,6-9,12,15H2,1H3,(H,25,28)/t17-,18-/m0/s1. The number of amides is 1. The van der Waals surface area contributed by atoms with E-state index in [-0.39, 0.29) is 17.7 Å². The summed E-state index contributed by atoms with van der Waals surface area (Å²) in [7, 11) is -1.64. The molecule has 0 spiro atoms. The van der Waals surface area contributed by atoms with Crippen molar-refractivity contribution in [3.05, 3.63) is 48.1 Å². The molecular formula is C23H26N4O4S2. The van der Waals surface area contributed by atoms with E-state index in [4.69, 9.17) is 4.74 Å². The number of thiophene rings is 1. The number of sulfonamides is 1. The molecule has 1 saturated heterocycles. The summed E-state index contributed by atoms with van der Waals surface area (Å²) in [6.07, 6.45) is 5.44. The van der Waals surface area contributed by atoms with Crippen molar-refractivity contribution in [2.75, 3.05) is 25.0 Å². The van der Waals surface area contributed by atoms with Gasteiger partial charge in [-0.1, -0.05) is 12.1 Å². The molecule has 8 nitrogen and oxygen atoms in total. The van der Waals surface area contributed by atoms with E-state index < -0.39 is 10.0 Å². The predicted octanol–water partition coefficient (Wildman–Crippen LogP) is 3.59. The van der Waals surface area contributed by atoms with Crippen LogP contribution in [0, 0.1) is 11.8 Å². The van der Waals surface area contributed by atoms with E-state index in [1.54, 1.807) is 32.7 Å². The number of piperidine rings is 1. The van der Waals surface area contributed by atoms with E-state index in [1.807, 2.05) is 31.4 Å². The summed E-state index contributed by atoms with van der Waals surface area (Å²) in [4.78, 5) is 12.8.